The Hall–Kier alpha value is -2.78. The molecule has 1 N–H and O–H groups in total. The van der Waals surface area contributed by atoms with Gasteiger partial charge in [-0.1, -0.05) is 62.4 Å². The maximum Gasteiger partial charge on any atom is 0.335 e. The summed E-state index contributed by atoms with van der Waals surface area (Å²) >= 11 is 1.87. The van der Waals surface area contributed by atoms with Crippen molar-refractivity contribution in [1.29, 1.82) is 0 Å². The maximum atomic E-state index is 11.7. The maximum absolute atomic E-state index is 11.7. The molecule has 3 heteroatoms. The second-order valence-electron chi connectivity index (χ2n) is 8.52. The van der Waals surface area contributed by atoms with Crippen molar-refractivity contribution in [3.05, 3.63) is 94.6 Å². The summed E-state index contributed by atoms with van der Waals surface area (Å²) in [5.41, 5.74) is 8.36. The fourth-order valence-corrected chi connectivity index (χ4v) is 5.49. The van der Waals surface area contributed by atoms with Gasteiger partial charge in [0.2, 0.25) is 0 Å². The van der Waals surface area contributed by atoms with E-state index in [4.69, 9.17) is 0 Å². The number of rotatable bonds is 5. The Kier molecular flexibility index (Phi) is 5.81. The third-order valence-corrected chi connectivity index (χ3v) is 7.10. The molecule has 1 aliphatic rings. The average Bonchev–Trinajstić information content (AvgIpc) is 2.77. The van der Waals surface area contributed by atoms with Crippen LogP contribution in [0.25, 0.3) is 16.7 Å². The highest BCUT2D eigenvalue weighted by molar-refractivity contribution is 8.01. The number of fused-ring (bicyclic) bond motifs is 1. The number of hydrogen-bond donors (Lipinski definition) is 1. The van der Waals surface area contributed by atoms with Crippen molar-refractivity contribution in [3.8, 4) is 11.1 Å². The van der Waals surface area contributed by atoms with Crippen molar-refractivity contribution >= 4 is 23.3 Å². The molecule has 2 nitrogen and oxygen atoms in total. The number of carbonyl (C=O) groups is 1. The first kappa shape index (κ1) is 21.5. The summed E-state index contributed by atoms with van der Waals surface area (Å²) in [5.74, 6) is -0.870. The lowest BCUT2D eigenvalue weighted by Crippen LogP contribution is -2.16. The molecule has 0 spiro atoms. The van der Waals surface area contributed by atoms with Crippen LogP contribution >= 0.6 is 11.8 Å². The predicted octanol–water partition coefficient (Wildman–Crippen LogP) is 7.49. The zero-order valence-corrected chi connectivity index (χ0v) is 19.3. The van der Waals surface area contributed by atoms with E-state index in [2.05, 4.69) is 69.3 Å². The molecule has 0 bridgehead atoms. The molecule has 0 unspecified atom stereocenters. The van der Waals surface area contributed by atoms with Crippen LogP contribution in [0.15, 0.2) is 71.6 Å². The molecular formula is C28H28O2S. The van der Waals surface area contributed by atoms with Gasteiger partial charge in [-0.15, -0.1) is 11.8 Å². The average molecular weight is 429 g/mol. The van der Waals surface area contributed by atoms with E-state index in [1.165, 1.54) is 27.2 Å². The minimum absolute atomic E-state index is 0.00504. The van der Waals surface area contributed by atoms with E-state index in [1.807, 2.05) is 30.8 Å². The van der Waals surface area contributed by atoms with E-state index >= 15 is 0 Å². The van der Waals surface area contributed by atoms with Gasteiger partial charge in [-0.25, -0.2) is 4.79 Å². The number of aryl methyl sites for hydroxylation is 1. The van der Waals surface area contributed by atoms with Crippen molar-refractivity contribution in [2.24, 2.45) is 0 Å². The van der Waals surface area contributed by atoms with Gasteiger partial charge >= 0.3 is 5.97 Å². The molecule has 0 aromatic heterocycles. The Balaban J connectivity index is 1.88. The lowest BCUT2D eigenvalue weighted by atomic mass is 9.89. The number of thioether (sulfide) groups is 1. The Labute approximate surface area is 189 Å². The SMILES string of the molecule is CCc1ccc(C2=CC(C)(C)Sc3ccc(-c4cccc(C(=O)O)c4CC)cc32)cc1. The first-order valence-electron chi connectivity index (χ1n) is 10.8. The van der Waals surface area contributed by atoms with Crippen LogP contribution in [-0.4, -0.2) is 15.8 Å². The first-order valence-corrected chi connectivity index (χ1v) is 11.7. The third kappa shape index (κ3) is 4.20. The lowest BCUT2D eigenvalue weighted by Gasteiger charge is -2.30. The summed E-state index contributed by atoms with van der Waals surface area (Å²) in [6, 6.07) is 21.0. The highest BCUT2D eigenvalue weighted by atomic mass is 32.2. The van der Waals surface area contributed by atoms with Gasteiger partial charge in [0.05, 0.1) is 5.56 Å². The molecule has 3 aromatic carbocycles. The van der Waals surface area contributed by atoms with Gasteiger partial charge in [0.15, 0.2) is 0 Å². The number of carboxylic acid groups (broad SMARTS) is 1. The largest absolute Gasteiger partial charge is 0.478 e. The molecule has 3 aromatic rings. The number of aromatic carboxylic acids is 1. The Morgan fingerprint density at radius 2 is 1.61 bits per heavy atom. The van der Waals surface area contributed by atoms with Crippen LogP contribution in [0.4, 0.5) is 0 Å². The topological polar surface area (TPSA) is 37.3 Å². The minimum atomic E-state index is -0.870. The van der Waals surface area contributed by atoms with Crippen LogP contribution in [-0.2, 0) is 12.8 Å². The monoisotopic (exact) mass is 428 g/mol. The smallest absolute Gasteiger partial charge is 0.335 e. The predicted molar refractivity (Wildman–Crippen MR) is 131 cm³/mol. The summed E-state index contributed by atoms with van der Waals surface area (Å²) in [6.45, 7) is 8.69. The number of carboxylic acids is 1. The van der Waals surface area contributed by atoms with Gasteiger partial charge in [-0.05, 0) is 83.8 Å². The van der Waals surface area contributed by atoms with Crippen molar-refractivity contribution in [3.63, 3.8) is 0 Å². The van der Waals surface area contributed by atoms with Crippen molar-refractivity contribution in [1.82, 2.24) is 0 Å². The van der Waals surface area contributed by atoms with Gasteiger partial charge in [0, 0.05) is 9.64 Å². The van der Waals surface area contributed by atoms with Crippen molar-refractivity contribution in [2.45, 2.75) is 50.2 Å². The molecule has 0 amide bonds. The zero-order valence-electron chi connectivity index (χ0n) is 18.5. The van der Waals surface area contributed by atoms with Gasteiger partial charge in [-0.2, -0.15) is 0 Å². The number of hydrogen-bond acceptors (Lipinski definition) is 2. The Morgan fingerprint density at radius 1 is 0.903 bits per heavy atom. The van der Waals surface area contributed by atoms with Crippen LogP contribution in [0.3, 0.4) is 0 Å². The molecule has 0 aliphatic carbocycles. The van der Waals surface area contributed by atoms with Gasteiger partial charge < -0.3 is 5.11 Å². The summed E-state index contributed by atoms with van der Waals surface area (Å²) in [6.07, 6.45) is 4.07. The molecule has 0 saturated heterocycles. The Bertz CT molecular complexity index is 1170. The van der Waals surface area contributed by atoms with E-state index < -0.39 is 5.97 Å². The quantitative estimate of drug-likeness (QED) is 0.457. The normalized spacial score (nSPS) is 14.6. The molecule has 158 valence electrons. The zero-order chi connectivity index (χ0) is 22.2. The van der Waals surface area contributed by atoms with Crippen LogP contribution in [0.1, 0.15) is 60.3 Å². The van der Waals surface area contributed by atoms with E-state index in [1.54, 1.807) is 6.07 Å². The van der Waals surface area contributed by atoms with Gasteiger partial charge in [0.1, 0.15) is 0 Å². The summed E-state index contributed by atoms with van der Waals surface area (Å²) in [7, 11) is 0. The van der Waals surface area contributed by atoms with E-state index in [-0.39, 0.29) is 4.75 Å². The fraction of sp³-hybridized carbons (Fsp3) is 0.250. The Morgan fingerprint density at radius 3 is 2.26 bits per heavy atom. The molecule has 31 heavy (non-hydrogen) atoms. The lowest BCUT2D eigenvalue weighted by molar-refractivity contribution is 0.0696. The van der Waals surface area contributed by atoms with Crippen LogP contribution in [0, 0.1) is 0 Å². The van der Waals surface area contributed by atoms with Crippen LogP contribution in [0.2, 0.25) is 0 Å². The summed E-state index contributed by atoms with van der Waals surface area (Å²) in [4.78, 5) is 13.0. The van der Waals surface area contributed by atoms with Gasteiger partial charge in [0.25, 0.3) is 0 Å². The fourth-order valence-electron chi connectivity index (χ4n) is 4.33. The summed E-state index contributed by atoms with van der Waals surface area (Å²) in [5, 5.41) is 9.64. The number of benzene rings is 3. The molecular weight excluding hydrogens is 400 g/mol. The van der Waals surface area contributed by atoms with E-state index in [9.17, 15) is 9.90 Å². The summed E-state index contributed by atoms with van der Waals surface area (Å²) < 4.78 is 0.00504. The molecule has 0 atom stereocenters. The molecule has 0 fully saturated rings. The minimum Gasteiger partial charge on any atom is -0.478 e. The highest BCUT2D eigenvalue weighted by Crippen LogP contribution is 2.47. The molecule has 1 aliphatic heterocycles. The molecule has 4 rings (SSSR count). The first-order chi connectivity index (χ1) is 14.8. The van der Waals surface area contributed by atoms with Crippen LogP contribution < -0.4 is 0 Å². The standard InChI is InChI=1S/C28H28O2S/c1-5-18-10-12-19(13-11-18)25-17-28(3,4)31-26-15-14-20(16-24(25)26)22-8-7-9-23(27(29)30)21(22)6-2/h7-17H,5-6H2,1-4H3,(H,29,30). The molecule has 1 heterocycles. The van der Waals surface area contributed by atoms with E-state index in [0.29, 0.717) is 12.0 Å². The third-order valence-electron chi connectivity index (χ3n) is 5.88. The molecule has 0 saturated carbocycles. The highest BCUT2D eigenvalue weighted by Gasteiger charge is 2.27. The van der Waals surface area contributed by atoms with Crippen molar-refractivity contribution < 1.29 is 9.90 Å². The second kappa shape index (κ2) is 8.39. The van der Waals surface area contributed by atoms with E-state index in [0.717, 1.165) is 23.1 Å². The van der Waals surface area contributed by atoms with Crippen LogP contribution in [0.5, 0.6) is 0 Å². The van der Waals surface area contributed by atoms with Crippen molar-refractivity contribution in [2.75, 3.05) is 0 Å². The molecule has 0 radical (unpaired) electrons. The van der Waals surface area contributed by atoms with Gasteiger partial charge in [-0.3, -0.25) is 0 Å². The second-order valence-corrected chi connectivity index (χ2v) is 10.2.